The van der Waals surface area contributed by atoms with E-state index in [-0.39, 0.29) is 5.54 Å². The topological polar surface area (TPSA) is 75.7 Å². The lowest BCUT2D eigenvalue weighted by molar-refractivity contribution is -0.139. The summed E-state index contributed by atoms with van der Waals surface area (Å²) in [6.45, 7) is 5.43. The van der Waals surface area contributed by atoms with Crippen molar-refractivity contribution in [3.63, 3.8) is 0 Å². The van der Waals surface area contributed by atoms with Crippen LogP contribution in [0.25, 0.3) is 16.9 Å². The highest BCUT2D eigenvalue weighted by Gasteiger charge is 2.49. The summed E-state index contributed by atoms with van der Waals surface area (Å²) in [6, 6.07) is 14.7. The minimum atomic E-state index is -0.323. The summed E-state index contributed by atoms with van der Waals surface area (Å²) in [6.07, 6.45) is 2.05. The molecular formula is C24H21Cl3N8. The van der Waals surface area contributed by atoms with Crippen LogP contribution in [0.2, 0.25) is 15.1 Å². The van der Waals surface area contributed by atoms with Crippen LogP contribution in [0.4, 0.5) is 0 Å². The quantitative estimate of drug-likeness (QED) is 0.240. The molecule has 11 heteroatoms. The molecule has 2 aromatic carbocycles. The third-order valence-corrected chi connectivity index (χ3v) is 7.30. The third-order valence-electron chi connectivity index (χ3n) is 6.51. The third kappa shape index (κ3) is 4.29. The summed E-state index contributed by atoms with van der Waals surface area (Å²) < 4.78 is 1.75. The van der Waals surface area contributed by atoms with Crippen LogP contribution in [0.15, 0.2) is 53.5 Å². The molecule has 1 N–H and O–H groups in total. The van der Waals surface area contributed by atoms with Crippen LogP contribution in [0.5, 0.6) is 0 Å². The molecule has 0 radical (unpaired) electrons. The highest BCUT2D eigenvalue weighted by atomic mass is 35.5. The maximum Gasteiger partial charge on any atom is 0.182 e. The number of aliphatic imine (C=N–C) groups is 1. The van der Waals surface area contributed by atoms with Crippen molar-refractivity contribution in [1.29, 1.82) is 5.26 Å². The summed E-state index contributed by atoms with van der Waals surface area (Å²) in [4.78, 5) is 12.3. The summed E-state index contributed by atoms with van der Waals surface area (Å²) in [5.41, 5.74) is 2.58. The second kappa shape index (κ2) is 8.79. The number of hydrogen-bond acceptors (Lipinski definition) is 6. The Bertz CT molecular complexity index is 1320. The minimum absolute atomic E-state index is 0.323. The molecule has 0 saturated carbocycles. The van der Waals surface area contributed by atoms with Crippen LogP contribution in [0.3, 0.4) is 0 Å². The standard InChI is InChI=1S/C24H21Cl3N8/c25-17-3-1-16(2-4-17)22-8-20(31-35(22)21-6-5-18(26)7-19(21)27)23(29-12-28)30-24-9-32-13-33(10-24)15-34(11-24)14-32/h1-8H,9-11,13-15H2,(H,29,30). The van der Waals surface area contributed by atoms with Crippen LogP contribution >= 0.6 is 34.8 Å². The molecule has 3 aromatic rings. The molecule has 0 spiro atoms. The lowest BCUT2D eigenvalue weighted by atomic mass is 9.91. The van der Waals surface area contributed by atoms with Crippen molar-refractivity contribution in [2.45, 2.75) is 5.54 Å². The van der Waals surface area contributed by atoms with Gasteiger partial charge in [0.2, 0.25) is 0 Å². The van der Waals surface area contributed by atoms with Gasteiger partial charge in [-0.25, -0.2) is 4.68 Å². The van der Waals surface area contributed by atoms with Crippen molar-refractivity contribution in [3.05, 3.63) is 69.3 Å². The number of amidine groups is 1. The second-order valence-electron chi connectivity index (χ2n) is 9.26. The largest absolute Gasteiger partial charge is 0.275 e. The summed E-state index contributed by atoms with van der Waals surface area (Å²) in [7, 11) is 0. The molecule has 0 atom stereocenters. The van der Waals surface area contributed by atoms with E-state index < -0.39 is 0 Å². The van der Waals surface area contributed by atoms with Crippen LogP contribution in [0.1, 0.15) is 5.69 Å². The first-order chi connectivity index (χ1) is 16.9. The van der Waals surface area contributed by atoms with Crippen molar-refractivity contribution >= 4 is 40.6 Å². The van der Waals surface area contributed by atoms with Crippen molar-refractivity contribution in [2.75, 3.05) is 39.6 Å². The van der Waals surface area contributed by atoms with Gasteiger partial charge >= 0.3 is 0 Å². The van der Waals surface area contributed by atoms with E-state index in [2.05, 4.69) is 26.2 Å². The molecule has 4 aliphatic heterocycles. The Labute approximate surface area is 217 Å². The van der Waals surface area contributed by atoms with Gasteiger partial charge in [-0.2, -0.15) is 10.4 Å². The number of nitrogens with one attached hydrogen (secondary N) is 1. The average molecular weight is 528 g/mol. The van der Waals surface area contributed by atoms with Gasteiger partial charge in [-0.05, 0) is 36.4 Å². The molecule has 0 amide bonds. The molecule has 7 rings (SSSR count). The predicted octanol–water partition coefficient (Wildman–Crippen LogP) is 3.87. The molecule has 8 nitrogen and oxygen atoms in total. The fourth-order valence-electron chi connectivity index (χ4n) is 5.39. The fourth-order valence-corrected chi connectivity index (χ4v) is 6.00. The van der Waals surface area contributed by atoms with Gasteiger partial charge in [0.1, 0.15) is 11.2 Å². The summed E-state index contributed by atoms with van der Waals surface area (Å²) in [5, 5.41) is 18.9. The van der Waals surface area contributed by atoms with Gasteiger partial charge in [-0.15, -0.1) is 0 Å². The Morgan fingerprint density at radius 2 is 1.54 bits per heavy atom. The predicted molar refractivity (Wildman–Crippen MR) is 137 cm³/mol. The zero-order valence-electron chi connectivity index (χ0n) is 18.6. The fraction of sp³-hybridized carbons (Fsp3) is 0.292. The Hall–Kier alpha value is -2.64. The van der Waals surface area contributed by atoms with Gasteiger partial charge in [-0.3, -0.25) is 25.0 Å². The van der Waals surface area contributed by atoms with E-state index in [4.69, 9.17) is 44.9 Å². The van der Waals surface area contributed by atoms with Crippen LogP contribution < -0.4 is 5.32 Å². The van der Waals surface area contributed by atoms with Crippen LogP contribution in [-0.4, -0.2) is 75.5 Å². The SMILES string of the molecule is N#CNC(=NC12CN3CN(CN(C3)C1)C2)c1cc(-c2ccc(Cl)cc2)n(-c2ccc(Cl)cc2Cl)n1. The molecule has 35 heavy (non-hydrogen) atoms. The first-order valence-electron chi connectivity index (χ1n) is 11.2. The summed E-state index contributed by atoms with van der Waals surface area (Å²) in [5.74, 6) is 0.442. The average Bonchev–Trinajstić information content (AvgIpc) is 3.23. The molecule has 0 unspecified atom stereocenters. The molecule has 4 fully saturated rings. The van der Waals surface area contributed by atoms with Crippen molar-refractivity contribution in [3.8, 4) is 23.1 Å². The Morgan fingerprint density at radius 3 is 2.14 bits per heavy atom. The first-order valence-corrected chi connectivity index (χ1v) is 12.3. The van der Waals surface area contributed by atoms with Crippen LogP contribution in [0, 0.1) is 11.5 Å². The normalized spacial score (nSPS) is 27.1. The molecule has 5 heterocycles. The monoisotopic (exact) mass is 526 g/mol. The maximum absolute atomic E-state index is 9.57. The van der Waals surface area contributed by atoms with Gasteiger partial charge in [0.05, 0.1) is 36.4 Å². The van der Waals surface area contributed by atoms with Gasteiger partial charge in [0.15, 0.2) is 12.0 Å². The van der Waals surface area contributed by atoms with Crippen molar-refractivity contribution in [2.24, 2.45) is 4.99 Å². The van der Waals surface area contributed by atoms with E-state index in [9.17, 15) is 5.26 Å². The zero-order valence-corrected chi connectivity index (χ0v) is 20.9. The van der Waals surface area contributed by atoms with Crippen LogP contribution in [-0.2, 0) is 0 Å². The molecule has 4 aliphatic rings. The Morgan fingerprint density at radius 1 is 0.914 bits per heavy atom. The van der Waals surface area contributed by atoms with E-state index in [1.54, 1.807) is 16.8 Å². The van der Waals surface area contributed by atoms with Crippen molar-refractivity contribution in [1.82, 2.24) is 29.8 Å². The molecular weight excluding hydrogens is 507 g/mol. The molecule has 4 bridgehead atoms. The van der Waals surface area contributed by atoms with E-state index in [0.29, 0.717) is 32.3 Å². The molecule has 1 aromatic heterocycles. The van der Waals surface area contributed by atoms with Gasteiger partial charge < -0.3 is 0 Å². The first kappa shape index (κ1) is 22.8. The zero-order chi connectivity index (χ0) is 24.2. The highest BCUT2D eigenvalue weighted by Crippen LogP contribution is 2.33. The lowest BCUT2D eigenvalue weighted by Crippen LogP contribution is -2.75. The van der Waals surface area contributed by atoms with Crippen molar-refractivity contribution < 1.29 is 0 Å². The number of nitriles is 1. The number of aromatic nitrogens is 2. The van der Waals surface area contributed by atoms with Gasteiger partial charge in [-0.1, -0.05) is 46.9 Å². The number of rotatable bonds is 4. The van der Waals surface area contributed by atoms with E-state index >= 15 is 0 Å². The minimum Gasteiger partial charge on any atom is -0.275 e. The number of halogens is 3. The maximum atomic E-state index is 9.57. The molecule has 4 saturated heterocycles. The lowest BCUT2D eigenvalue weighted by Gasteiger charge is -2.59. The highest BCUT2D eigenvalue weighted by molar-refractivity contribution is 6.35. The molecule has 0 aliphatic carbocycles. The number of benzene rings is 2. The molecule has 178 valence electrons. The Balaban J connectivity index is 1.48. The second-order valence-corrected chi connectivity index (χ2v) is 10.5. The number of hydrogen-bond donors (Lipinski definition) is 1. The van der Waals surface area contributed by atoms with E-state index in [0.717, 1.165) is 50.9 Å². The van der Waals surface area contributed by atoms with E-state index in [1.165, 1.54) is 0 Å². The number of nitrogens with zero attached hydrogens (tertiary/aromatic N) is 7. The van der Waals surface area contributed by atoms with Gasteiger partial charge in [0, 0.05) is 35.2 Å². The smallest absolute Gasteiger partial charge is 0.182 e. The Kier molecular flexibility index (Phi) is 5.72. The summed E-state index contributed by atoms with van der Waals surface area (Å²) >= 11 is 18.8. The van der Waals surface area contributed by atoms with E-state index in [1.807, 2.05) is 36.4 Å². The van der Waals surface area contributed by atoms with Gasteiger partial charge in [0.25, 0.3) is 0 Å².